The van der Waals surface area contributed by atoms with Crippen molar-refractivity contribution in [3.05, 3.63) is 39.8 Å². The highest BCUT2D eigenvalue weighted by atomic mass is 32.2. The molecule has 4 N–H and O–H groups in total. The van der Waals surface area contributed by atoms with Gasteiger partial charge in [0.1, 0.15) is 34.0 Å². The number of allylic oxidation sites excluding steroid dienone is 4. The van der Waals surface area contributed by atoms with Crippen molar-refractivity contribution >= 4 is 29.1 Å². The summed E-state index contributed by atoms with van der Waals surface area (Å²) in [5.41, 5.74) is -1.36. The Morgan fingerprint density at radius 3 is 2.48 bits per heavy atom. The van der Waals surface area contributed by atoms with Crippen LogP contribution < -0.4 is 10.1 Å². The van der Waals surface area contributed by atoms with Crippen LogP contribution >= 0.6 is 11.8 Å². The summed E-state index contributed by atoms with van der Waals surface area (Å²) >= 11 is 1.57. The molecule has 1 saturated heterocycles. The summed E-state index contributed by atoms with van der Waals surface area (Å²) in [6, 6.07) is -0.291. The Hall–Kier alpha value is -2.78. The molecule has 0 spiro atoms. The lowest BCUT2D eigenvalue weighted by Crippen LogP contribution is -2.43. The summed E-state index contributed by atoms with van der Waals surface area (Å²) < 4.78 is 5.73. The first kappa shape index (κ1) is 21.5. The van der Waals surface area contributed by atoms with Gasteiger partial charge in [-0.25, -0.2) is 0 Å². The van der Waals surface area contributed by atoms with Gasteiger partial charge in [0, 0.05) is 28.8 Å². The molecular formula is C22H23NO7S. The summed E-state index contributed by atoms with van der Waals surface area (Å²) in [7, 11) is 0. The predicted octanol–water partition coefficient (Wildman–Crippen LogP) is 1.63. The Kier molecular flexibility index (Phi) is 4.94. The highest BCUT2D eigenvalue weighted by molar-refractivity contribution is 7.99. The van der Waals surface area contributed by atoms with Gasteiger partial charge in [0.25, 0.3) is 0 Å². The second-order valence-corrected chi connectivity index (χ2v) is 9.32. The molecule has 9 heteroatoms. The van der Waals surface area contributed by atoms with Crippen molar-refractivity contribution in [3.63, 3.8) is 0 Å². The number of nitrogens with one attached hydrogen (secondary N) is 1. The maximum Gasteiger partial charge on any atom is 0.194 e. The number of benzene rings is 1. The molecule has 1 aromatic rings. The molecule has 3 aliphatic rings. The average molecular weight is 445 g/mol. The number of hydrogen-bond acceptors (Lipinski definition) is 9. The third-order valence-electron chi connectivity index (χ3n) is 6.21. The van der Waals surface area contributed by atoms with Crippen molar-refractivity contribution in [3.8, 4) is 17.2 Å². The SMILES string of the molecule is CC(=O)c1c(O)c(C)c(O)c2c1OC1=CC(=O)/C(=C(/C)N[C@H]3CSC[C@@H]3O)C(=O)[C@@]12C. The summed E-state index contributed by atoms with van der Waals surface area (Å²) in [6.07, 6.45) is 0.580. The van der Waals surface area contributed by atoms with Crippen molar-refractivity contribution < 1.29 is 34.4 Å². The minimum Gasteiger partial charge on any atom is -0.507 e. The number of thioether (sulfide) groups is 1. The number of carbonyl (C=O) groups excluding carboxylic acids is 3. The van der Waals surface area contributed by atoms with Crippen molar-refractivity contribution in [2.75, 3.05) is 11.5 Å². The van der Waals surface area contributed by atoms with Crippen LogP contribution in [0.2, 0.25) is 0 Å². The first-order valence-electron chi connectivity index (χ1n) is 9.82. The number of hydrogen-bond donors (Lipinski definition) is 4. The van der Waals surface area contributed by atoms with Crippen LogP contribution in [0.4, 0.5) is 0 Å². The predicted molar refractivity (Wildman–Crippen MR) is 114 cm³/mol. The Morgan fingerprint density at radius 2 is 1.90 bits per heavy atom. The molecule has 2 aliphatic heterocycles. The third kappa shape index (κ3) is 2.90. The first-order chi connectivity index (χ1) is 14.5. The topological polar surface area (TPSA) is 133 Å². The number of rotatable bonds is 3. The first-order valence-corrected chi connectivity index (χ1v) is 11.0. The molecule has 0 unspecified atom stereocenters. The molecule has 8 nitrogen and oxygen atoms in total. The van der Waals surface area contributed by atoms with E-state index in [2.05, 4.69) is 5.32 Å². The van der Waals surface area contributed by atoms with Gasteiger partial charge in [-0.2, -0.15) is 11.8 Å². The van der Waals surface area contributed by atoms with E-state index in [1.807, 2.05) is 0 Å². The minimum absolute atomic E-state index is 0.00620. The van der Waals surface area contributed by atoms with Crippen molar-refractivity contribution in [1.82, 2.24) is 5.32 Å². The lowest BCUT2D eigenvalue weighted by molar-refractivity contribution is -0.123. The molecule has 0 amide bonds. The fraction of sp³-hybridized carbons (Fsp3) is 0.409. The molecule has 4 rings (SSSR count). The Balaban J connectivity index is 1.90. The number of aromatic hydroxyl groups is 2. The van der Waals surface area contributed by atoms with Gasteiger partial charge in [0.2, 0.25) is 0 Å². The fourth-order valence-electron chi connectivity index (χ4n) is 4.39. The van der Waals surface area contributed by atoms with Crippen LogP contribution in [0, 0.1) is 6.92 Å². The lowest BCUT2D eigenvalue weighted by Gasteiger charge is -2.29. The molecule has 1 aliphatic carbocycles. The number of aliphatic hydroxyl groups is 1. The number of phenols is 2. The Labute approximate surface area is 183 Å². The van der Waals surface area contributed by atoms with Crippen LogP contribution in [-0.4, -0.2) is 56.3 Å². The Bertz CT molecular complexity index is 1120. The van der Waals surface area contributed by atoms with E-state index in [1.165, 1.54) is 26.8 Å². The Morgan fingerprint density at radius 1 is 1.23 bits per heavy atom. The second kappa shape index (κ2) is 7.13. The van der Waals surface area contributed by atoms with Crippen LogP contribution in [-0.2, 0) is 15.0 Å². The highest BCUT2D eigenvalue weighted by Crippen LogP contribution is 2.57. The smallest absolute Gasteiger partial charge is 0.194 e. The zero-order valence-electron chi connectivity index (χ0n) is 17.5. The molecule has 0 radical (unpaired) electrons. The number of carbonyl (C=O) groups is 3. The largest absolute Gasteiger partial charge is 0.507 e. The van der Waals surface area contributed by atoms with Gasteiger partial charge in [-0.3, -0.25) is 14.4 Å². The second-order valence-electron chi connectivity index (χ2n) is 8.24. The molecule has 164 valence electrons. The fourth-order valence-corrected chi connectivity index (χ4v) is 5.56. The average Bonchev–Trinajstić information content (AvgIpc) is 3.21. The van der Waals surface area contributed by atoms with Crippen LogP contribution in [0.1, 0.15) is 42.3 Å². The van der Waals surface area contributed by atoms with Crippen molar-refractivity contribution in [1.29, 1.82) is 0 Å². The van der Waals surface area contributed by atoms with Gasteiger partial charge >= 0.3 is 0 Å². The standard InChI is InChI=1S/C22H23NO7S/c1-8-18(27)16(10(3)24)20-17(19(8)28)22(4)14(30-20)5-12(25)15(21(22)29)9(2)23-11-6-31-7-13(11)26/h5,11,13,23,26-28H,6-7H2,1-4H3/b15-9+/t11-,13-,22-/m0/s1. The van der Waals surface area contributed by atoms with E-state index in [0.29, 0.717) is 17.2 Å². The maximum absolute atomic E-state index is 13.7. The van der Waals surface area contributed by atoms with Gasteiger partial charge in [0.05, 0.1) is 23.3 Å². The number of fused-ring (bicyclic) bond motifs is 3. The van der Waals surface area contributed by atoms with Crippen LogP contribution in [0.5, 0.6) is 17.2 Å². The molecule has 1 fully saturated rings. The number of Topliss-reactive ketones (excluding diaryl/α,β-unsaturated/α-hetero) is 2. The van der Waals surface area contributed by atoms with Crippen LogP contribution in [0.15, 0.2) is 23.1 Å². The summed E-state index contributed by atoms with van der Waals surface area (Å²) in [5, 5.41) is 34.4. The molecule has 3 atom stereocenters. The number of aliphatic hydroxyl groups excluding tert-OH is 1. The minimum atomic E-state index is -1.54. The van der Waals surface area contributed by atoms with E-state index >= 15 is 0 Å². The lowest BCUT2D eigenvalue weighted by atomic mass is 9.70. The van der Waals surface area contributed by atoms with E-state index in [4.69, 9.17) is 4.74 Å². The van der Waals surface area contributed by atoms with Gasteiger partial charge in [-0.15, -0.1) is 0 Å². The number of ether oxygens (including phenoxy) is 1. The number of ketones is 3. The maximum atomic E-state index is 13.7. The molecule has 0 bridgehead atoms. The van der Waals surface area contributed by atoms with E-state index in [9.17, 15) is 29.7 Å². The molecule has 1 aromatic carbocycles. The molecular weight excluding hydrogens is 422 g/mol. The zero-order chi connectivity index (χ0) is 22.8. The molecule has 2 heterocycles. The normalized spacial score (nSPS) is 28.6. The van der Waals surface area contributed by atoms with Crippen LogP contribution in [0.3, 0.4) is 0 Å². The van der Waals surface area contributed by atoms with Gasteiger partial charge < -0.3 is 25.4 Å². The van der Waals surface area contributed by atoms with E-state index in [1.54, 1.807) is 18.7 Å². The molecule has 0 aromatic heterocycles. The van der Waals surface area contributed by atoms with E-state index in [-0.39, 0.29) is 45.6 Å². The quantitative estimate of drug-likeness (QED) is 0.311. The summed E-state index contributed by atoms with van der Waals surface area (Å²) in [4.78, 5) is 38.7. The van der Waals surface area contributed by atoms with Gasteiger partial charge in [0.15, 0.2) is 17.3 Å². The zero-order valence-corrected chi connectivity index (χ0v) is 18.3. The van der Waals surface area contributed by atoms with Gasteiger partial charge in [-0.1, -0.05) is 0 Å². The third-order valence-corrected chi connectivity index (χ3v) is 7.38. The highest BCUT2D eigenvalue weighted by Gasteiger charge is 2.56. The molecule has 31 heavy (non-hydrogen) atoms. The monoisotopic (exact) mass is 445 g/mol. The summed E-state index contributed by atoms with van der Waals surface area (Å²) in [6.45, 7) is 5.80. The summed E-state index contributed by atoms with van der Waals surface area (Å²) in [5.74, 6) is -1.36. The van der Waals surface area contributed by atoms with Crippen LogP contribution in [0.25, 0.3) is 0 Å². The number of phenolic OH excluding ortho intramolecular Hbond substituents is 2. The van der Waals surface area contributed by atoms with Gasteiger partial charge in [-0.05, 0) is 27.7 Å². The van der Waals surface area contributed by atoms with E-state index in [0.717, 1.165) is 0 Å². The van der Waals surface area contributed by atoms with Crippen molar-refractivity contribution in [2.45, 2.75) is 45.3 Å². The van der Waals surface area contributed by atoms with E-state index < -0.39 is 34.6 Å². The molecule has 0 saturated carbocycles. The van der Waals surface area contributed by atoms with Crippen molar-refractivity contribution in [2.24, 2.45) is 0 Å².